The predicted octanol–water partition coefficient (Wildman–Crippen LogP) is 2.09. The van der Waals surface area contributed by atoms with E-state index in [1.165, 1.54) is 12.1 Å². The molecule has 1 aromatic heterocycles. The van der Waals surface area contributed by atoms with E-state index in [-0.39, 0.29) is 31.2 Å². The smallest absolute Gasteiger partial charge is 0.407 e. The number of hydrogen-bond donors (Lipinski definition) is 4. The van der Waals surface area contributed by atoms with Crippen LogP contribution in [0.3, 0.4) is 0 Å². The Hall–Kier alpha value is -3.49. The second-order valence-corrected chi connectivity index (χ2v) is 7.40. The van der Waals surface area contributed by atoms with Gasteiger partial charge in [0.1, 0.15) is 12.7 Å². The van der Waals surface area contributed by atoms with Crippen molar-refractivity contribution in [2.75, 3.05) is 13.2 Å². The summed E-state index contributed by atoms with van der Waals surface area (Å²) in [6.07, 6.45) is -2.94. The van der Waals surface area contributed by atoms with E-state index in [1.54, 1.807) is 0 Å². The molecule has 0 saturated carbocycles. The number of carbonyl (C=O) groups is 1. The van der Waals surface area contributed by atoms with Crippen LogP contribution in [0.2, 0.25) is 0 Å². The van der Waals surface area contributed by atoms with Crippen LogP contribution in [0.5, 0.6) is 0 Å². The summed E-state index contributed by atoms with van der Waals surface area (Å²) in [5.41, 5.74) is 4.31. The fourth-order valence-corrected chi connectivity index (χ4v) is 3.85. The van der Waals surface area contributed by atoms with Crippen LogP contribution in [-0.4, -0.2) is 45.8 Å². The first-order valence-electron chi connectivity index (χ1n) is 10.0. The Morgan fingerprint density at radius 3 is 2.29 bits per heavy atom. The highest BCUT2D eigenvalue weighted by atomic mass is 16.5. The van der Waals surface area contributed by atoms with Gasteiger partial charge in [0, 0.05) is 18.5 Å². The second kappa shape index (κ2) is 9.11. The molecule has 0 aliphatic heterocycles. The molecule has 3 aromatic rings. The Bertz CT molecular complexity index is 1060. The number of fused-ring (bicyclic) bond motifs is 3. The summed E-state index contributed by atoms with van der Waals surface area (Å²) in [5, 5.41) is 28.7. The zero-order valence-electron chi connectivity index (χ0n) is 16.7. The summed E-state index contributed by atoms with van der Waals surface area (Å²) in [6.45, 7) is 0.310. The number of benzene rings is 2. The van der Waals surface area contributed by atoms with E-state index in [4.69, 9.17) is 4.74 Å². The van der Waals surface area contributed by atoms with Crippen LogP contribution in [0.1, 0.15) is 35.3 Å². The van der Waals surface area contributed by atoms with Gasteiger partial charge in [-0.05, 0) is 34.7 Å². The van der Waals surface area contributed by atoms with E-state index < -0.39 is 23.9 Å². The molecular formula is C23H23N3O5. The third-order valence-corrected chi connectivity index (χ3v) is 5.42. The molecule has 160 valence electrons. The van der Waals surface area contributed by atoms with Gasteiger partial charge < -0.3 is 20.3 Å². The standard InChI is InChI=1S/C23H23N3O5/c27-20(22(29)19-9-10-21(28)26-25-19)11-12-24-23(30)31-13-18-16-7-3-1-5-14(16)15-6-2-4-8-17(15)18/h1-10,18,20,22,27,29H,11-13H2,(H,24,30)(H,26,28). The maximum Gasteiger partial charge on any atom is 0.407 e. The van der Waals surface area contributed by atoms with Gasteiger partial charge in [0.05, 0.1) is 11.8 Å². The first-order valence-corrected chi connectivity index (χ1v) is 10.0. The van der Waals surface area contributed by atoms with E-state index in [0.717, 1.165) is 22.3 Å². The van der Waals surface area contributed by atoms with Crippen molar-refractivity contribution in [3.05, 3.63) is 87.8 Å². The van der Waals surface area contributed by atoms with Gasteiger partial charge in [0.25, 0.3) is 5.56 Å². The minimum atomic E-state index is -1.28. The first kappa shape index (κ1) is 20.8. The van der Waals surface area contributed by atoms with E-state index >= 15 is 0 Å². The molecule has 0 saturated heterocycles. The molecule has 0 fully saturated rings. The Morgan fingerprint density at radius 2 is 1.68 bits per heavy atom. The summed E-state index contributed by atoms with van der Waals surface area (Å²) < 4.78 is 5.43. The maximum absolute atomic E-state index is 12.2. The molecule has 2 aromatic carbocycles. The molecular weight excluding hydrogens is 398 g/mol. The molecule has 2 atom stereocenters. The van der Waals surface area contributed by atoms with Gasteiger partial charge in [0.2, 0.25) is 0 Å². The molecule has 8 heteroatoms. The van der Waals surface area contributed by atoms with Crippen molar-refractivity contribution in [3.63, 3.8) is 0 Å². The quantitative estimate of drug-likeness (QED) is 0.463. The number of alkyl carbamates (subject to hydrolysis) is 1. The number of rotatable bonds is 7. The first-order chi connectivity index (χ1) is 15.0. The van der Waals surface area contributed by atoms with Crippen LogP contribution in [0.25, 0.3) is 11.1 Å². The van der Waals surface area contributed by atoms with Crippen LogP contribution in [0.4, 0.5) is 4.79 Å². The van der Waals surface area contributed by atoms with Gasteiger partial charge in [-0.3, -0.25) is 4.79 Å². The zero-order valence-corrected chi connectivity index (χ0v) is 16.7. The van der Waals surface area contributed by atoms with Crippen LogP contribution in [0, 0.1) is 0 Å². The Balaban J connectivity index is 1.28. The number of aliphatic hydroxyl groups excluding tert-OH is 2. The van der Waals surface area contributed by atoms with Crippen molar-refractivity contribution < 1.29 is 19.7 Å². The minimum absolute atomic E-state index is 0.0307. The van der Waals surface area contributed by atoms with Crippen molar-refractivity contribution in [2.24, 2.45) is 0 Å². The molecule has 0 spiro atoms. The average molecular weight is 421 g/mol. The van der Waals surface area contributed by atoms with E-state index in [1.807, 2.05) is 36.4 Å². The summed E-state index contributed by atoms with van der Waals surface area (Å²) in [4.78, 5) is 23.2. The second-order valence-electron chi connectivity index (χ2n) is 7.40. The van der Waals surface area contributed by atoms with Gasteiger partial charge in [0.15, 0.2) is 0 Å². The third-order valence-electron chi connectivity index (χ3n) is 5.42. The number of amides is 1. The van der Waals surface area contributed by atoms with Crippen LogP contribution in [0.15, 0.2) is 65.5 Å². The van der Waals surface area contributed by atoms with Gasteiger partial charge >= 0.3 is 6.09 Å². The van der Waals surface area contributed by atoms with Crippen molar-refractivity contribution >= 4 is 6.09 Å². The SMILES string of the molecule is O=C(NCCC(O)C(O)c1ccc(=O)[nH]n1)OCC1c2ccccc2-c2ccccc21. The lowest BCUT2D eigenvalue weighted by molar-refractivity contribution is 0.0106. The monoisotopic (exact) mass is 421 g/mol. The number of aliphatic hydroxyl groups is 2. The molecule has 0 bridgehead atoms. The predicted molar refractivity (Wildman–Crippen MR) is 114 cm³/mol. The lowest BCUT2D eigenvalue weighted by Gasteiger charge is -2.18. The number of carbonyl (C=O) groups excluding carboxylic acids is 1. The minimum Gasteiger partial charge on any atom is -0.449 e. The van der Waals surface area contributed by atoms with Crippen molar-refractivity contribution in [3.8, 4) is 11.1 Å². The molecule has 0 radical (unpaired) electrons. The molecule has 2 unspecified atom stereocenters. The molecule has 1 amide bonds. The summed E-state index contributed by atoms with van der Waals surface area (Å²) in [5.74, 6) is -0.0307. The van der Waals surface area contributed by atoms with Crippen molar-refractivity contribution in [2.45, 2.75) is 24.5 Å². The average Bonchev–Trinajstić information content (AvgIpc) is 3.11. The molecule has 1 heterocycles. The molecule has 31 heavy (non-hydrogen) atoms. The number of hydrogen-bond acceptors (Lipinski definition) is 6. The van der Waals surface area contributed by atoms with Gasteiger partial charge in [-0.15, -0.1) is 0 Å². The fraction of sp³-hybridized carbons (Fsp3) is 0.261. The molecule has 1 aliphatic rings. The van der Waals surface area contributed by atoms with Crippen LogP contribution >= 0.6 is 0 Å². The largest absolute Gasteiger partial charge is 0.449 e. The molecule has 4 N–H and O–H groups in total. The highest BCUT2D eigenvalue weighted by molar-refractivity contribution is 5.79. The number of nitrogens with zero attached hydrogens (tertiary/aromatic N) is 1. The van der Waals surface area contributed by atoms with Gasteiger partial charge in [-0.2, -0.15) is 5.10 Å². The fourth-order valence-electron chi connectivity index (χ4n) is 3.85. The Morgan fingerprint density at radius 1 is 1.03 bits per heavy atom. The molecule has 4 rings (SSSR count). The normalized spacial score (nSPS) is 14.4. The van der Waals surface area contributed by atoms with E-state index in [0.29, 0.717) is 0 Å². The van der Waals surface area contributed by atoms with Crippen LogP contribution in [-0.2, 0) is 4.74 Å². The summed E-state index contributed by atoms with van der Waals surface area (Å²) in [6, 6.07) is 18.7. The van der Waals surface area contributed by atoms with Crippen molar-refractivity contribution in [1.29, 1.82) is 0 Å². The maximum atomic E-state index is 12.2. The number of aromatic amines is 1. The van der Waals surface area contributed by atoms with Crippen LogP contribution < -0.4 is 10.9 Å². The summed E-state index contributed by atoms with van der Waals surface area (Å²) in [7, 11) is 0. The lowest BCUT2D eigenvalue weighted by Crippen LogP contribution is -2.31. The van der Waals surface area contributed by atoms with Gasteiger partial charge in [-0.1, -0.05) is 48.5 Å². The highest BCUT2D eigenvalue weighted by Gasteiger charge is 2.29. The lowest BCUT2D eigenvalue weighted by atomic mass is 9.98. The Kier molecular flexibility index (Phi) is 6.11. The van der Waals surface area contributed by atoms with E-state index in [9.17, 15) is 19.8 Å². The third kappa shape index (κ3) is 4.50. The number of nitrogens with one attached hydrogen (secondary N) is 2. The number of H-pyrrole nitrogens is 1. The molecule has 8 nitrogen and oxygen atoms in total. The zero-order chi connectivity index (χ0) is 21.8. The highest BCUT2D eigenvalue weighted by Crippen LogP contribution is 2.44. The van der Waals surface area contributed by atoms with E-state index in [2.05, 4.69) is 27.6 Å². The van der Waals surface area contributed by atoms with Crippen molar-refractivity contribution in [1.82, 2.24) is 15.5 Å². The summed E-state index contributed by atoms with van der Waals surface area (Å²) >= 11 is 0. The molecule has 1 aliphatic carbocycles. The number of ether oxygens (including phenoxy) is 1. The van der Waals surface area contributed by atoms with Gasteiger partial charge in [-0.25, -0.2) is 9.89 Å². The number of aromatic nitrogens is 2. The Labute approximate surface area is 178 Å². The topological polar surface area (TPSA) is 125 Å².